The average molecular weight is 197 g/mol. The van der Waals surface area contributed by atoms with Gasteiger partial charge in [0.2, 0.25) is 0 Å². The van der Waals surface area contributed by atoms with Crippen molar-refractivity contribution in [1.82, 2.24) is 0 Å². The van der Waals surface area contributed by atoms with Crippen molar-refractivity contribution in [2.75, 3.05) is 0 Å². The number of rotatable bonds is 2. The van der Waals surface area contributed by atoms with Crippen LogP contribution in [0, 0.1) is 11.6 Å². The average Bonchev–Trinajstić information content (AvgIpc) is 2.89. The number of Topliss-reactive ketones (excluding diaryl/α,β-unsaturated/α-hetero) is 1. The number of carbonyl (C=O) groups excluding carboxylic acids is 1. The molecule has 0 radical (unpaired) electrons. The van der Waals surface area contributed by atoms with Crippen molar-refractivity contribution in [2.24, 2.45) is 5.73 Å². The highest BCUT2D eigenvalue weighted by Gasteiger charge is 2.46. The van der Waals surface area contributed by atoms with Crippen LogP contribution in [0.4, 0.5) is 8.78 Å². The second kappa shape index (κ2) is 2.85. The molecule has 0 unspecified atom stereocenters. The maximum absolute atomic E-state index is 12.8. The van der Waals surface area contributed by atoms with E-state index in [4.69, 9.17) is 5.73 Å². The van der Waals surface area contributed by atoms with Crippen LogP contribution in [0.5, 0.6) is 0 Å². The van der Waals surface area contributed by atoms with Crippen LogP contribution in [0.3, 0.4) is 0 Å². The molecule has 1 fully saturated rings. The highest BCUT2D eigenvalue weighted by molar-refractivity contribution is 6.05. The number of hydrogen-bond acceptors (Lipinski definition) is 2. The summed E-state index contributed by atoms with van der Waals surface area (Å²) in [6.45, 7) is 0. The fourth-order valence-corrected chi connectivity index (χ4v) is 1.29. The second-order valence-electron chi connectivity index (χ2n) is 3.61. The van der Waals surface area contributed by atoms with Gasteiger partial charge in [-0.05, 0) is 31.0 Å². The lowest BCUT2D eigenvalue weighted by Gasteiger charge is -2.07. The van der Waals surface area contributed by atoms with E-state index in [1.807, 2.05) is 0 Å². The Kier molecular flexibility index (Phi) is 1.89. The Morgan fingerprint density at radius 1 is 1.29 bits per heavy atom. The molecular weight excluding hydrogens is 188 g/mol. The molecule has 1 aromatic carbocycles. The fraction of sp³-hybridized carbons (Fsp3) is 0.300. The predicted octanol–water partition coefficient (Wildman–Crippen LogP) is 1.64. The van der Waals surface area contributed by atoms with Gasteiger partial charge in [0, 0.05) is 5.56 Å². The Labute approximate surface area is 79.7 Å². The predicted molar refractivity (Wildman–Crippen MR) is 46.8 cm³/mol. The van der Waals surface area contributed by atoms with Crippen molar-refractivity contribution < 1.29 is 13.6 Å². The quantitative estimate of drug-likeness (QED) is 0.732. The molecule has 1 aliphatic rings. The molecule has 0 amide bonds. The smallest absolute Gasteiger partial charge is 0.182 e. The third kappa shape index (κ3) is 1.42. The Morgan fingerprint density at radius 3 is 2.43 bits per heavy atom. The van der Waals surface area contributed by atoms with Crippen LogP contribution in [-0.4, -0.2) is 11.3 Å². The van der Waals surface area contributed by atoms with Crippen molar-refractivity contribution in [1.29, 1.82) is 0 Å². The molecule has 2 nitrogen and oxygen atoms in total. The molecule has 0 bridgehead atoms. The van der Waals surface area contributed by atoms with E-state index in [2.05, 4.69) is 0 Å². The summed E-state index contributed by atoms with van der Waals surface area (Å²) in [5.41, 5.74) is 4.96. The van der Waals surface area contributed by atoms with E-state index in [1.165, 1.54) is 6.07 Å². The van der Waals surface area contributed by atoms with Crippen LogP contribution in [0.2, 0.25) is 0 Å². The lowest BCUT2D eigenvalue weighted by atomic mass is 10.0. The van der Waals surface area contributed by atoms with Gasteiger partial charge in [0.15, 0.2) is 17.4 Å². The molecular formula is C10H9F2NO. The van der Waals surface area contributed by atoms with E-state index < -0.39 is 17.2 Å². The van der Waals surface area contributed by atoms with Crippen molar-refractivity contribution in [2.45, 2.75) is 18.4 Å². The van der Waals surface area contributed by atoms with Crippen LogP contribution in [0.1, 0.15) is 23.2 Å². The molecule has 1 aromatic rings. The molecule has 2 rings (SSSR count). The molecule has 0 atom stereocenters. The van der Waals surface area contributed by atoms with Crippen LogP contribution in [0.15, 0.2) is 18.2 Å². The Hall–Kier alpha value is -1.29. The molecule has 4 heteroatoms. The molecule has 0 spiro atoms. The van der Waals surface area contributed by atoms with Gasteiger partial charge in [-0.25, -0.2) is 8.78 Å². The topological polar surface area (TPSA) is 43.1 Å². The number of nitrogens with two attached hydrogens (primary N) is 1. The number of hydrogen-bond donors (Lipinski definition) is 1. The molecule has 14 heavy (non-hydrogen) atoms. The first-order chi connectivity index (χ1) is 6.53. The summed E-state index contributed by atoms with van der Waals surface area (Å²) in [6.07, 6.45) is 1.23. The minimum absolute atomic E-state index is 0.143. The van der Waals surface area contributed by atoms with Crippen LogP contribution in [0.25, 0.3) is 0 Å². The van der Waals surface area contributed by atoms with Crippen molar-refractivity contribution in [3.05, 3.63) is 35.4 Å². The molecule has 2 N–H and O–H groups in total. The number of halogens is 2. The summed E-state index contributed by atoms with van der Waals surface area (Å²) in [7, 11) is 0. The van der Waals surface area contributed by atoms with Gasteiger partial charge in [-0.2, -0.15) is 0 Å². The van der Waals surface area contributed by atoms with Crippen molar-refractivity contribution >= 4 is 5.78 Å². The van der Waals surface area contributed by atoms with Crippen LogP contribution < -0.4 is 5.73 Å². The van der Waals surface area contributed by atoms with Gasteiger partial charge >= 0.3 is 0 Å². The maximum Gasteiger partial charge on any atom is 0.182 e. The van der Waals surface area contributed by atoms with Gasteiger partial charge in [-0.1, -0.05) is 0 Å². The number of ketones is 1. The molecule has 0 saturated heterocycles. The van der Waals surface area contributed by atoms with Crippen molar-refractivity contribution in [3.63, 3.8) is 0 Å². The normalized spacial score (nSPS) is 17.9. The van der Waals surface area contributed by atoms with Gasteiger partial charge in [0.05, 0.1) is 5.54 Å². The summed E-state index contributed by atoms with van der Waals surface area (Å²) in [5, 5.41) is 0. The van der Waals surface area contributed by atoms with Crippen LogP contribution >= 0.6 is 0 Å². The van der Waals surface area contributed by atoms with Crippen molar-refractivity contribution in [3.8, 4) is 0 Å². The van der Waals surface area contributed by atoms with E-state index in [1.54, 1.807) is 0 Å². The summed E-state index contributed by atoms with van der Waals surface area (Å²) >= 11 is 0. The molecule has 0 aliphatic heterocycles. The van der Waals surface area contributed by atoms with E-state index >= 15 is 0 Å². The Bertz CT molecular complexity index is 399. The van der Waals surface area contributed by atoms with E-state index in [0.717, 1.165) is 12.1 Å². The summed E-state index contributed by atoms with van der Waals surface area (Å²) in [6, 6.07) is 3.09. The molecule has 0 heterocycles. The summed E-state index contributed by atoms with van der Waals surface area (Å²) in [5.74, 6) is -2.28. The van der Waals surface area contributed by atoms with Crippen LogP contribution in [-0.2, 0) is 0 Å². The third-order valence-corrected chi connectivity index (χ3v) is 2.42. The molecule has 1 aliphatic carbocycles. The SMILES string of the molecule is NC1(C(=O)c2ccc(F)c(F)c2)CC1. The van der Waals surface area contributed by atoms with E-state index in [0.29, 0.717) is 12.8 Å². The van der Waals surface area contributed by atoms with Gasteiger partial charge in [0.1, 0.15) is 0 Å². The van der Waals surface area contributed by atoms with Gasteiger partial charge in [-0.3, -0.25) is 4.79 Å². The zero-order valence-electron chi connectivity index (χ0n) is 7.39. The molecule has 1 saturated carbocycles. The highest BCUT2D eigenvalue weighted by Crippen LogP contribution is 2.35. The standard InChI is InChI=1S/C10H9F2NO/c11-7-2-1-6(5-8(7)12)9(14)10(13)3-4-10/h1-2,5H,3-4,13H2. The van der Waals surface area contributed by atoms with Gasteiger partial charge in [-0.15, -0.1) is 0 Å². The first-order valence-electron chi connectivity index (χ1n) is 4.32. The molecule has 0 aromatic heterocycles. The first kappa shape index (κ1) is 9.27. The van der Waals surface area contributed by atoms with Gasteiger partial charge in [0.25, 0.3) is 0 Å². The summed E-state index contributed by atoms with van der Waals surface area (Å²) < 4.78 is 25.3. The lowest BCUT2D eigenvalue weighted by Crippen LogP contribution is -2.32. The van der Waals surface area contributed by atoms with E-state index in [-0.39, 0.29) is 11.3 Å². The zero-order chi connectivity index (χ0) is 10.3. The Morgan fingerprint density at radius 2 is 1.93 bits per heavy atom. The number of benzene rings is 1. The largest absolute Gasteiger partial charge is 0.319 e. The second-order valence-corrected chi connectivity index (χ2v) is 3.61. The molecule has 74 valence electrons. The monoisotopic (exact) mass is 197 g/mol. The minimum Gasteiger partial charge on any atom is -0.319 e. The zero-order valence-corrected chi connectivity index (χ0v) is 7.39. The van der Waals surface area contributed by atoms with E-state index in [9.17, 15) is 13.6 Å². The first-order valence-corrected chi connectivity index (χ1v) is 4.32. The maximum atomic E-state index is 12.8. The van der Waals surface area contributed by atoms with Gasteiger partial charge < -0.3 is 5.73 Å². The fourth-order valence-electron chi connectivity index (χ4n) is 1.29. The Balaban J connectivity index is 2.33. The number of carbonyl (C=O) groups is 1. The third-order valence-electron chi connectivity index (χ3n) is 2.42. The minimum atomic E-state index is -1.01. The highest BCUT2D eigenvalue weighted by atomic mass is 19.2. The lowest BCUT2D eigenvalue weighted by molar-refractivity contribution is 0.0948. The summed E-state index contributed by atoms with van der Waals surface area (Å²) in [4.78, 5) is 11.6.